The zero-order chi connectivity index (χ0) is 16.5. The van der Waals surface area contributed by atoms with Crippen molar-refractivity contribution in [1.82, 2.24) is 15.1 Å². The van der Waals surface area contributed by atoms with Crippen LogP contribution in [0.4, 0.5) is 0 Å². The number of piperidine rings is 1. The number of fused-ring (bicyclic) bond motifs is 1. The third kappa shape index (κ3) is 2.97. The maximum Gasteiger partial charge on any atom is 0.277 e. The molecule has 1 N–H and O–H groups in total. The van der Waals surface area contributed by atoms with Crippen LogP contribution in [0, 0.1) is 0 Å². The third-order valence-corrected chi connectivity index (χ3v) is 4.78. The molecule has 3 aliphatic heterocycles. The Morgan fingerprint density at radius 2 is 1.96 bits per heavy atom. The van der Waals surface area contributed by atoms with E-state index in [-0.39, 0.29) is 12.7 Å². The highest BCUT2D eigenvalue weighted by molar-refractivity contribution is 7.80. The summed E-state index contributed by atoms with van der Waals surface area (Å²) in [7, 11) is 0. The average Bonchev–Trinajstić information content (AvgIpc) is 3.16. The lowest BCUT2D eigenvalue weighted by Crippen LogP contribution is -2.43. The highest BCUT2D eigenvalue weighted by Gasteiger charge is 2.32. The van der Waals surface area contributed by atoms with Gasteiger partial charge in [-0.15, -0.1) is 0 Å². The molecule has 0 aromatic heterocycles. The van der Waals surface area contributed by atoms with Crippen molar-refractivity contribution < 1.29 is 14.3 Å². The molecule has 0 atom stereocenters. The van der Waals surface area contributed by atoms with Crippen LogP contribution in [-0.4, -0.2) is 47.4 Å². The molecular formula is C17H19N3O3S. The van der Waals surface area contributed by atoms with E-state index in [4.69, 9.17) is 21.7 Å². The van der Waals surface area contributed by atoms with Crippen molar-refractivity contribution in [2.24, 2.45) is 0 Å². The van der Waals surface area contributed by atoms with E-state index in [2.05, 4.69) is 10.2 Å². The lowest BCUT2D eigenvalue weighted by molar-refractivity contribution is -0.123. The van der Waals surface area contributed by atoms with Gasteiger partial charge in [0.2, 0.25) is 6.79 Å². The second-order valence-electron chi connectivity index (χ2n) is 6.15. The Labute approximate surface area is 146 Å². The van der Waals surface area contributed by atoms with Gasteiger partial charge in [-0.3, -0.25) is 14.6 Å². The minimum absolute atomic E-state index is 0.0803. The van der Waals surface area contributed by atoms with Crippen molar-refractivity contribution >= 4 is 29.3 Å². The van der Waals surface area contributed by atoms with E-state index in [1.165, 1.54) is 19.3 Å². The molecular weight excluding hydrogens is 326 g/mol. The highest BCUT2D eigenvalue weighted by atomic mass is 32.1. The monoisotopic (exact) mass is 345 g/mol. The molecule has 1 aromatic rings. The molecule has 0 saturated carbocycles. The molecule has 126 valence electrons. The van der Waals surface area contributed by atoms with Crippen LogP contribution in [0.15, 0.2) is 23.9 Å². The van der Waals surface area contributed by atoms with Crippen LogP contribution in [0.3, 0.4) is 0 Å². The number of ether oxygens (including phenoxy) is 2. The van der Waals surface area contributed by atoms with Gasteiger partial charge in [0.15, 0.2) is 16.6 Å². The zero-order valence-corrected chi connectivity index (χ0v) is 14.1. The van der Waals surface area contributed by atoms with E-state index < -0.39 is 0 Å². The predicted molar refractivity (Wildman–Crippen MR) is 93.4 cm³/mol. The van der Waals surface area contributed by atoms with Crippen LogP contribution in [-0.2, 0) is 4.79 Å². The summed E-state index contributed by atoms with van der Waals surface area (Å²) in [6, 6.07) is 5.60. The molecule has 0 radical (unpaired) electrons. The molecule has 4 rings (SSSR count). The van der Waals surface area contributed by atoms with Gasteiger partial charge in [-0.25, -0.2) is 0 Å². The van der Waals surface area contributed by atoms with Crippen LogP contribution >= 0.6 is 12.2 Å². The predicted octanol–water partition coefficient (Wildman–Crippen LogP) is 1.92. The summed E-state index contributed by atoms with van der Waals surface area (Å²) in [6.45, 7) is 2.84. The fraction of sp³-hybridized carbons (Fsp3) is 0.412. The molecule has 7 heteroatoms. The Bertz CT molecular complexity index is 713. The molecule has 0 aliphatic carbocycles. The summed E-state index contributed by atoms with van der Waals surface area (Å²) < 4.78 is 10.7. The summed E-state index contributed by atoms with van der Waals surface area (Å²) >= 11 is 5.34. The van der Waals surface area contributed by atoms with Crippen molar-refractivity contribution in [3.63, 3.8) is 0 Å². The van der Waals surface area contributed by atoms with Gasteiger partial charge in [-0.05, 0) is 61.9 Å². The third-order valence-electron chi connectivity index (χ3n) is 4.46. The lowest BCUT2D eigenvalue weighted by Gasteiger charge is -2.29. The van der Waals surface area contributed by atoms with Gasteiger partial charge in [-0.2, -0.15) is 0 Å². The fourth-order valence-electron chi connectivity index (χ4n) is 3.17. The van der Waals surface area contributed by atoms with Crippen molar-refractivity contribution in [3.05, 3.63) is 29.5 Å². The van der Waals surface area contributed by atoms with Crippen molar-refractivity contribution in [2.75, 3.05) is 26.6 Å². The smallest absolute Gasteiger partial charge is 0.277 e. The van der Waals surface area contributed by atoms with Crippen LogP contribution in [0.2, 0.25) is 0 Å². The zero-order valence-electron chi connectivity index (χ0n) is 13.3. The van der Waals surface area contributed by atoms with E-state index in [9.17, 15) is 4.79 Å². The summed E-state index contributed by atoms with van der Waals surface area (Å²) in [5, 5.41) is 3.50. The first-order valence-electron chi connectivity index (χ1n) is 8.17. The van der Waals surface area contributed by atoms with Crippen molar-refractivity contribution in [1.29, 1.82) is 0 Å². The SMILES string of the molecule is O=C1/C(=C\c2ccc3c(c2)OCO3)NC(=S)N1CN1CCCCC1. The number of nitrogens with zero attached hydrogens (tertiary/aromatic N) is 2. The summed E-state index contributed by atoms with van der Waals surface area (Å²) in [4.78, 5) is 16.6. The van der Waals surface area contributed by atoms with E-state index in [0.29, 0.717) is 23.2 Å². The number of hydrogen-bond acceptors (Lipinski definition) is 5. The summed E-state index contributed by atoms with van der Waals surface area (Å²) in [5.41, 5.74) is 1.37. The average molecular weight is 345 g/mol. The largest absolute Gasteiger partial charge is 0.454 e. The van der Waals surface area contributed by atoms with Crippen LogP contribution in [0.25, 0.3) is 6.08 Å². The number of carbonyl (C=O) groups excluding carboxylic acids is 1. The van der Waals surface area contributed by atoms with Crippen LogP contribution < -0.4 is 14.8 Å². The van der Waals surface area contributed by atoms with Gasteiger partial charge in [0.1, 0.15) is 5.70 Å². The molecule has 1 aromatic carbocycles. The summed E-state index contributed by atoms with van der Waals surface area (Å²) in [5.74, 6) is 1.34. The van der Waals surface area contributed by atoms with Crippen LogP contribution in [0.1, 0.15) is 24.8 Å². The standard InChI is InChI=1S/C17H19N3O3S/c21-16-13(8-12-4-5-14-15(9-12)23-11-22-14)18-17(24)20(16)10-19-6-2-1-3-7-19/h4-5,8-9H,1-3,6-7,10-11H2,(H,18,24)/b13-8+. The molecule has 24 heavy (non-hydrogen) atoms. The first kappa shape index (κ1) is 15.4. The lowest BCUT2D eigenvalue weighted by atomic mass is 10.1. The topological polar surface area (TPSA) is 54.0 Å². The number of likely N-dealkylation sites (tertiary alicyclic amines) is 1. The number of amides is 1. The number of nitrogens with one attached hydrogen (secondary N) is 1. The summed E-state index contributed by atoms with van der Waals surface area (Å²) in [6.07, 6.45) is 5.43. The number of thiocarbonyl (C=S) groups is 1. The Kier molecular flexibility index (Phi) is 4.12. The molecule has 2 fully saturated rings. The number of carbonyl (C=O) groups is 1. The molecule has 1 amide bonds. The highest BCUT2D eigenvalue weighted by Crippen LogP contribution is 2.33. The van der Waals surface area contributed by atoms with Gasteiger partial charge in [0, 0.05) is 0 Å². The number of hydrogen-bond donors (Lipinski definition) is 1. The van der Waals surface area contributed by atoms with E-state index in [0.717, 1.165) is 24.4 Å². The first-order chi connectivity index (χ1) is 11.7. The van der Waals surface area contributed by atoms with Gasteiger partial charge in [-0.1, -0.05) is 12.5 Å². The minimum Gasteiger partial charge on any atom is -0.454 e. The maximum atomic E-state index is 12.7. The Hall–Kier alpha value is -2.12. The molecule has 2 saturated heterocycles. The van der Waals surface area contributed by atoms with Gasteiger partial charge >= 0.3 is 0 Å². The van der Waals surface area contributed by atoms with E-state index >= 15 is 0 Å². The van der Waals surface area contributed by atoms with E-state index in [1.54, 1.807) is 11.0 Å². The number of benzene rings is 1. The van der Waals surface area contributed by atoms with Crippen molar-refractivity contribution in [3.8, 4) is 11.5 Å². The maximum absolute atomic E-state index is 12.7. The van der Waals surface area contributed by atoms with Gasteiger partial charge < -0.3 is 14.8 Å². The Balaban J connectivity index is 1.50. The fourth-order valence-corrected chi connectivity index (χ4v) is 3.42. The molecule has 0 bridgehead atoms. The Morgan fingerprint density at radius 1 is 1.17 bits per heavy atom. The normalized spacial score (nSPS) is 22.3. The second kappa shape index (κ2) is 6.41. The van der Waals surface area contributed by atoms with Crippen molar-refractivity contribution in [2.45, 2.75) is 19.3 Å². The molecule has 3 heterocycles. The van der Waals surface area contributed by atoms with Gasteiger partial charge in [0.05, 0.1) is 6.67 Å². The molecule has 0 spiro atoms. The second-order valence-corrected chi connectivity index (χ2v) is 6.54. The number of rotatable bonds is 3. The van der Waals surface area contributed by atoms with E-state index in [1.807, 2.05) is 18.2 Å². The molecule has 3 aliphatic rings. The van der Waals surface area contributed by atoms with Crippen LogP contribution in [0.5, 0.6) is 11.5 Å². The molecule has 6 nitrogen and oxygen atoms in total. The molecule has 0 unspecified atom stereocenters. The first-order valence-corrected chi connectivity index (χ1v) is 8.58. The quantitative estimate of drug-likeness (QED) is 0.667. The van der Waals surface area contributed by atoms with Gasteiger partial charge in [0.25, 0.3) is 5.91 Å². The minimum atomic E-state index is -0.0803. The Morgan fingerprint density at radius 3 is 2.79 bits per heavy atom.